The number of benzene rings is 1. The van der Waals surface area contributed by atoms with Crippen molar-refractivity contribution in [2.45, 2.75) is 26.4 Å². The lowest BCUT2D eigenvalue weighted by Gasteiger charge is -2.12. The van der Waals surface area contributed by atoms with E-state index in [0.717, 1.165) is 16.0 Å². The van der Waals surface area contributed by atoms with Gasteiger partial charge in [0.25, 0.3) is 10.0 Å². The van der Waals surface area contributed by atoms with Gasteiger partial charge in [0.2, 0.25) is 5.95 Å². The summed E-state index contributed by atoms with van der Waals surface area (Å²) in [7, 11) is -3.60. The Labute approximate surface area is 179 Å². The van der Waals surface area contributed by atoms with E-state index in [0.29, 0.717) is 29.5 Å². The molecule has 4 aromatic rings. The first-order chi connectivity index (χ1) is 14.9. The molecule has 3 aromatic heterocycles. The zero-order chi connectivity index (χ0) is 21.8. The third-order valence-electron chi connectivity index (χ3n) is 4.61. The predicted molar refractivity (Wildman–Crippen MR) is 117 cm³/mol. The van der Waals surface area contributed by atoms with E-state index in [4.69, 9.17) is 0 Å². The van der Waals surface area contributed by atoms with Crippen molar-refractivity contribution in [3.8, 4) is 0 Å². The van der Waals surface area contributed by atoms with E-state index in [1.165, 1.54) is 6.33 Å². The van der Waals surface area contributed by atoms with E-state index in [-0.39, 0.29) is 18.3 Å². The Morgan fingerprint density at radius 2 is 1.87 bits per heavy atom. The highest BCUT2D eigenvalue weighted by Gasteiger charge is 2.17. The number of nitrogens with zero attached hydrogens (tertiary/aromatic N) is 7. The number of hydrogen-bond donors (Lipinski definition) is 2. The van der Waals surface area contributed by atoms with Gasteiger partial charge in [-0.1, -0.05) is 30.3 Å². The third kappa shape index (κ3) is 4.63. The standard InChI is InChI=1S/C19H23N9O2S/c1-14(2)27-13-23-16-17(22-10-15-6-4-3-5-7-15)25-19(26-18(16)27)21-8-9-31(29,30)28-12-20-11-24-28/h3-7,11-14H,8-10H2,1-2H3,(H2,21,22,25,26). The monoisotopic (exact) mass is 441 g/mol. The highest BCUT2D eigenvalue weighted by atomic mass is 32.2. The van der Waals surface area contributed by atoms with Crippen molar-refractivity contribution in [3.05, 3.63) is 54.9 Å². The summed E-state index contributed by atoms with van der Waals surface area (Å²) < 4.78 is 27.3. The fourth-order valence-corrected chi connectivity index (χ4v) is 3.94. The Balaban J connectivity index is 1.56. The molecule has 0 saturated heterocycles. The van der Waals surface area contributed by atoms with Crippen molar-refractivity contribution >= 4 is 33.0 Å². The van der Waals surface area contributed by atoms with Crippen molar-refractivity contribution in [2.24, 2.45) is 0 Å². The minimum atomic E-state index is -3.60. The van der Waals surface area contributed by atoms with Gasteiger partial charge in [0, 0.05) is 19.1 Å². The maximum Gasteiger partial charge on any atom is 0.256 e. The zero-order valence-electron chi connectivity index (χ0n) is 17.2. The average molecular weight is 442 g/mol. The van der Waals surface area contributed by atoms with Gasteiger partial charge in [-0.25, -0.2) is 18.4 Å². The molecule has 0 spiro atoms. The van der Waals surface area contributed by atoms with Crippen LogP contribution in [0.5, 0.6) is 0 Å². The fraction of sp³-hybridized carbons (Fsp3) is 0.316. The van der Waals surface area contributed by atoms with Gasteiger partial charge in [0.15, 0.2) is 17.0 Å². The van der Waals surface area contributed by atoms with Gasteiger partial charge in [-0.05, 0) is 19.4 Å². The number of aromatic nitrogens is 7. The van der Waals surface area contributed by atoms with Crippen molar-refractivity contribution in [1.82, 2.24) is 33.7 Å². The zero-order valence-corrected chi connectivity index (χ0v) is 18.0. The number of rotatable bonds is 9. The summed E-state index contributed by atoms with van der Waals surface area (Å²) in [6.07, 6.45) is 4.07. The molecular weight excluding hydrogens is 418 g/mol. The number of imidazole rings is 1. The van der Waals surface area contributed by atoms with Crippen LogP contribution in [0.25, 0.3) is 11.2 Å². The molecule has 12 heteroatoms. The summed E-state index contributed by atoms with van der Waals surface area (Å²) in [5.74, 6) is 0.711. The lowest BCUT2D eigenvalue weighted by atomic mass is 10.2. The SMILES string of the molecule is CC(C)n1cnc2c(NCc3ccccc3)nc(NCCS(=O)(=O)n3cncn3)nc21. The second kappa shape index (κ2) is 8.68. The molecule has 0 amide bonds. The van der Waals surface area contributed by atoms with Crippen molar-refractivity contribution < 1.29 is 8.42 Å². The topological polar surface area (TPSA) is 133 Å². The van der Waals surface area contributed by atoms with Crippen LogP contribution in [0.2, 0.25) is 0 Å². The van der Waals surface area contributed by atoms with Crippen LogP contribution >= 0.6 is 0 Å². The number of hydrogen-bond acceptors (Lipinski definition) is 9. The number of anilines is 2. The first-order valence-electron chi connectivity index (χ1n) is 9.78. The van der Waals surface area contributed by atoms with Crippen LogP contribution in [-0.4, -0.2) is 54.4 Å². The molecule has 0 radical (unpaired) electrons. The lowest BCUT2D eigenvalue weighted by molar-refractivity contribution is 0.580. The quantitative estimate of drug-likeness (QED) is 0.399. The molecule has 0 fully saturated rings. The van der Waals surface area contributed by atoms with Gasteiger partial charge in [0.05, 0.1) is 12.1 Å². The summed E-state index contributed by atoms with van der Waals surface area (Å²) in [5, 5.41) is 10.0. The molecule has 31 heavy (non-hydrogen) atoms. The highest BCUT2D eigenvalue weighted by Crippen LogP contribution is 2.23. The number of fused-ring (bicyclic) bond motifs is 1. The summed E-state index contributed by atoms with van der Waals surface area (Å²) >= 11 is 0. The van der Waals surface area contributed by atoms with Crippen molar-refractivity contribution in [3.63, 3.8) is 0 Å². The maximum absolute atomic E-state index is 12.3. The normalized spacial score (nSPS) is 11.8. The third-order valence-corrected chi connectivity index (χ3v) is 6.08. The van der Waals surface area contributed by atoms with Crippen LogP contribution in [0.4, 0.5) is 11.8 Å². The predicted octanol–water partition coefficient (Wildman–Crippen LogP) is 1.90. The highest BCUT2D eigenvalue weighted by molar-refractivity contribution is 7.89. The summed E-state index contributed by atoms with van der Waals surface area (Å²) in [6.45, 7) is 4.76. The van der Waals surface area contributed by atoms with Crippen LogP contribution in [0.3, 0.4) is 0 Å². The molecule has 0 bridgehead atoms. The molecule has 3 heterocycles. The molecular formula is C19H23N9O2S. The van der Waals surface area contributed by atoms with Gasteiger partial charge >= 0.3 is 0 Å². The second-order valence-corrected chi connectivity index (χ2v) is 9.11. The minimum absolute atomic E-state index is 0.113. The van der Waals surface area contributed by atoms with E-state index >= 15 is 0 Å². The first kappa shape index (κ1) is 20.7. The van der Waals surface area contributed by atoms with E-state index in [1.54, 1.807) is 6.33 Å². The molecule has 0 aliphatic heterocycles. The van der Waals surface area contributed by atoms with Gasteiger partial charge in [-0.3, -0.25) is 0 Å². The molecule has 0 saturated carbocycles. The first-order valence-corrected chi connectivity index (χ1v) is 11.4. The second-order valence-electron chi connectivity index (χ2n) is 7.16. The van der Waals surface area contributed by atoms with E-state index in [1.807, 2.05) is 48.7 Å². The van der Waals surface area contributed by atoms with Gasteiger partial charge in [-0.15, -0.1) is 9.19 Å². The van der Waals surface area contributed by atoms with E-state index < -0.39 is 10.0 Å². The lowest BCUT2D eigenvalue weighted by Crippen LogP contribution is -2.23. The Bertz CT molecular complexity index is 1250. The van der Waals surface area contributed by atoms with Gasteiger partial charge in [-0.2, -0.15) is 9.97 Å². The van der Waals surface area contributed by atoms with E-state index in [2.05, 4.69) is 35.7 Å². The van der Waals surface area contributed by atoms with Crippen molar-refractivity contribution in [2.75, 3.05) is 22.9 Å². The van der Waals surface area contributed by atoms with E-state index in [9.17, 15) is 8.42 Å². The maximum atomic E-state index is 12.3. The molecule has 1 aromatic carbocycles. The Morgan fingerprint density at radius 3 is 2.58 bits per heavy atom. The minimum Gasteiger partial charge on any atom is -0.364 e. The molecule has 162 valence electrons. The molecule has 11 nitrogen and oxygen atoms in total. The summed E-state index contributed by atoms with van der Waals surface area (Å²) in [4.78, 5) is 17.3. The Morgan fingerprint density at radius 1 is 1.06 bits per heavy atom. The number of nitrogens with one attached hydrogen (secondary N) is 2. The van der Waals surface area contributed by atoms with Gasteiger partial charge in [0.1, 0.15) is 12.7 Å². The van der Waals surface area contributed by atoms with Crippen LogP contribution in [0.1, 0.15) is 25.5 Å². The smallest absolute Gasteiger partial charge is 0.256 e. The Hall–Kier alpha value is -3.54. The van der Waals surface area contributed by atoms with Crippen LogP contribution < -0.4 is 10.6 Å². The van der Waals surface area contributed by atoms with Crippen molar-refractivity contribution in [1.29, 1.82) is 0 Å². The van der Waals surface area contributed by atoms with Gasteiger partial charge < -0.3 is 15.2 Å². The molecule has 0 aliphatic rings. The van der Waals surface area contributed by atoms with Crippen LogP contribution in [0.15, 0.2) is 49.3 Å². The largest absolute Gasteiger partial charge is 0.364 e. The molecule has 0 unspecified atom stereocenters. The fourth-order valence-electron chi connectivity index (χ4n) is 3.00. The molecule has 4 rings (SSSR count). The molecule has 2 N–H and O–H groups in total. The summed E-state index contributed by atoms with van der Waals surface area (Å²) in [5.41, 5.74) is 2.43. The Kier molecular flexibility index (Phi) is 5.80. The molecule has 0 aliphatic carbocycles. The average Bonchev–Trinajstić information content (AvgIpc) is 3.43. The molecule has 0 atom stereocenters. The van der Waals surface area contributed by atoms with Crippen LogP contribution in [-0.2, 0) is 16.6 Å². The van der Waals surface area contributed by atoms with Crippen LogP contribution in [0, 0.1) is 0 Å². The summed E-state index contributed by atoms with van der Waals surface area (Å²) in [6, 6.07) is 10.1.